The van der Waals surface area contributed by atoms with Crippen LogP contribution in [0.4, 0.5) is 0 Å². The van der Waals surface area contributed by atoms with E-state index in [-0.39, 0.29) is 12.2 Å². The van der Waals surface area contributed by atoms with Crippen LogP contribution in [-0.2, 0) is 0 Å². The van der Waals surface area contributed by atoms with Crippen LogP contribution in [0.5, 0.6) is 0 Å². The first-order valence-electron chi connectivity index (χ1n) is 9.93. The average molecular weight is 319 g/mol. The van der Waals surface area contributed by atoms with Crippen molar-refractivity contribution in [1.29, 1.82) is 0 Å². The molecule has 2 nitrogen and oxygen atoms in total. The lowest BCUT2D eigenvalue weighted by molar-refractivity contribution is -0.0725. The normalized spacial score (nSPS) is 53.8. The highest BCUT2D eigenvalue weighted by molar-refractivity contribution is 5.25. The first kappa shape index (κ1) is 16.1. The summed E-state index contributed by atoms with van der Waals surface area (Å²) < 4.78 is 0. The second-order valence-electron chi connectivity index (χ2n) is 9.60. The quantitative estimate of drug-likeness (QED) is 0.707. The minimum absolute atomic E-state index is 0.152. The highest BCUT2D eigenvalue weighted by atomic mass is 16.3. The summed E-state index contributed by atoms with van der Waals surface area (Å²) in [6, 6.07) is 0. The van der Waals surface area contributed by atoms with Crippen molar-refractivity contribution in [2.75, 3.05) is 0 Å². The predicted octanol–water partition coefficient (Wildman–Crippen LogP) is 4.31. The second-order valence-corrected chi connectivity index (χ2v) is 9.60. The lowest BCUT2D eigenvalue weighted by Crippen LogP contribution is -2.51. The number of aliphatic hydroxyl groups excluding tert-OH is 2. The SMILES string of the molecule is CC(O)C1CCC2C3CCC4=CC(O)CCC4(C)C3CCC12C. The fourth-order valence-electron chi connectivity index (χ4n) is 7.54. The van der Waals surface area contributed by atoms with E-state index in [2.05, 4.69) is 19.9 Å². The van der Waals surface area contributed by atoms with Gasteiger partial charge in [0.1, 0.15) is 0 Å². The molecule has 8 unspecified atom stereocenters. The Morgan fingerprint density at radius 1 is 1.04 bits per heavy atom. The van der Waals surface area contributed by atoms with Crippen molar-refractivity contribution in [2.24, 2.45) is 34.5 Å². The number of rotatable bonds is 1. The number of fused-ring (bicyclic) bond motifs is 5. The van der Waals surface area contributed by atoms with Gasteiger partial charge in [0.15, 0.2) is 0 Å². The molecule has 130 valence electrons. The van der Waals surface area contributed by atoms with Crippen LogP contribution in [0.2, 0.25) is 0 Å². The van der Waals surface area contributed by atoms with Gasteiger partial charge in [-0.3, -0.25) is 0 Å². The fourth-order valence-corrected chi connectivity index (χ4v) is 7.54. The van der Waals surface area contributed by atoms with E-state index in [1.165, 1.54) is 44.9 Å². The van der Waals surface area contributed by atoms with Gasteiger partial charge in [-0.1, -0.05) is 25.5 Å². The molecule has 4 aliphatic carbocycles. The molecule has 8 atom stereocenters. The van der Waals surface area contributed by atoms with Gasteiger partial charge in [0.2, 0.25) is 0 Å². The number of aliphatic hydroxyl groups is 2. The topological polar surface area (TPSA) is 40.5 Å². The minimum Gasteiger partial charge on any atom is -0.393 e. The minimum atomic E-state index is -0.199. The van der Waals surface area contributed by atoms with E-state index < -0.39 is 0 Å². The summed E-state index contributed by atoms with van der Waals surface area (Å²) in [6.45, 7) is 6.98. The molecule has 4 rings (SSSR count). The highest BCUT2D eigenvalue weighted by Gasteiger charge is 2.59. The molecule has 23 heavy (non-hydrogen) atoms. The Labute approximate surface area is 141 Å². The van der Waals surface area contributed by atoms with Crippen LogP contribution in [0.15, 0.2) is 11.6 Å². The summed E-state index contributed by atoms with van der Waals surface area (Å²) in [7, 11) is 0. The maximum Gasteiger partial charge on any atom is 0.0724 e. The summed E-state index contributed by atoms with van der Waals surface area (Å²) in [4.78, 5) is 0. The summed E-state index contributed by atoms with van der Waals surface area (Å²) in [5, 5.41) is 20.3. The Morgan fingerprint density at radius 3 is 2.57 bits per heavy atom. The molecule has 2 N–H and O–H groups in total. The predicted molar refractivity (Wildman–Crippen MR) is 92.9 cm³/mol. The Morgan fingerprint density at radius 2 is 1.83 bits per heavy atom. The molecule has 0 aromatic carbocycles. The van der Waals surface area contributed by atoms with Crippen LogP contribution in [-0.4, -0.2) is 22.4 Å². The van der Waals surface area contributed by atoms with Gasteiger partial charge in [0.25, 0.3) is 0 Å². The van der Waals surface area contributed by atoms with E-state index in [1.54, 1.807) is 5.57 Å². The smallest absolute Gasteiger partial charge is 0.0724 e. The van der Waals surface area contributed by atoms with E-state index in [4.69, 9.17) is 0 Å². The molecule has 0 aromatic heterocycles. The van der Waals surface area contributed by atoms with E-state index in [0.29, 0.717) is 16.7 Å². The molecular weight excluding hydrogens is 284 g/mol. The van der Waals surface area contributed by atoms with Gasteiger partial charge in [-0.05, 0) is 92.8 Å². The van der Waals surface area contributed by atoms with Gasteiger partial charge < -0.3 is 10.2 Å². The third kappa shape index (κ3) is 2.20. The zero-order valence-electron chi connectivity index (χ0n) is 15.1. The Balaban J connectivity index is 1.64. The van der Waals surface area contributed by atoms with E-state index in [1.807, 2.05) is 6.92 Å². The van der Waals surface area contributed by atoms with Gasteiger partial charge >= 0.3 is 0 Å². The third-order valence-corrected chi connectivity index (χ3v) is 8.74. The van der Waals surface area contributed by atoms with Gasteiger partial charge in [-0.2, -0.15) is 0 Å². The molecule has 3 saturated carbocycles. The lowest BCUT2D eigenvalue weighted by Gasteiger charge is -2.58. The Hall–Kier alpha value is -0.340. The summed E-state index contributed by atoms with van der Waals surface area (Å²) >= 11 is 0. The van der Waals surface area contributed by atoms with Crippen molar-refractivity contribution in [3.63, 3.8) is 0 Å². The molecule has 0 aromatic rings. The molecular formula is C21H34O2. The maximum absolute atomic E-state index is 10.3. The van der Waals surface area contributed by atoms with Crippen LogP contribution in [0.1, 0.15) is 72.1 Å². The molecule has 2 heteroatoms. The van der Waals surface area contributed by atoms with Crippen LogP contribution >= 0.6 is 0 Å². The van der Waals surface area contributed by atoms with Gasteiger partial charge in [-0.25, -0.2) is 0 Å². The largest absolute Gasteiger partial charge is 0.393 e. The van der Waals surface area contributed by atoms with E-state index >= 15 is 0 Å². The van der Waals surface area contributed by atoms with Crippen molar-refractivity contribution in [3.05, 3.63) is 11.6 Å². The molecule has 0 saturated heterocycles. The molecule has 0 bridgehead atoms. The van der Waals surface area contributed by atoms with E-state index in [0.717, 1.165) is 24.2 Å². The molecule has 0 aliphatic heterocycles. The summed E-state index contributed by atoms with van der Waals surface area (Å²) in [5.74, 6) is 2.97. The molecule has 0 radical (unpaired) electrons. The van der Waals surface area contributed by atoms with Crippen molar-refractivity contribution in [1.82, 2.24) is 0 Å². The summed E-state index contributed by atoms with van der Waals surface area (Å²) in [6.07, 6.45) is 11.6. The number of hydrogen-bond donors (Lipinski definition) is 2. The first-order chi connectivity index (χ1) is 10.9. The van der Waals surface area contributed by atoms with Crippen molar-refractivity contribution < 1.29 is 10.2 Å². The zero-order chi connectivity index (χ0) is 16.4. The van der Waals surface area contributed by atoms with E-state index in [9.17, 15) is 10.2 Å². The van der Waals surface area contributed by atoms with Crippen LogP contribution in [0, 0.1) is 34.5 Å². The summed E-state index contributed by atoms with van der Waals surface area (Å²) in [5.41, 5.74) is 2.26. The molecule has 0 spiro atoms. The van der Waals surface area contributed by atoms with Crippen molar-refractivity contribution >= 4 is 0 Å². The molecule has 4 aliphatic rings. The average Bonchev–Trinajstić information content (AvgIpc) is 2.85. The van der Waals surface area contributed by atoms with Crippen molar-refractivity contribution in [2.45, 2.75) is 84.3 Å². The van der Waals surface area contributed by atoms with Gasteiger partial charge in [-0.15, -0.1) is 0 Å². The zero-order valence-corrected chi connectivity index (χ0v) is 15.1. The van der Waals surface area contributed by atoms with Gasteiger partial charge in [0, 0.05) is 0 Å². The second kappa shape index (κ2) is 5.33. The Kier molecular flexibility index (Phi) is 3.74. The van der Waals surface area contributed by atoms with Gasteiger partial charge in [0.05, 0.1) is 12.2 Å². The van der Waals surface area contributed by atoms with Crippen LogP contribution in [0.3, 0.4) is 0 Å². The third-order valence-electron chi connectivity index (χ3n) is 8.74. The standard InChI is InChI=1S/C21H34O2/c1-13(22)17-6-7-18-16-5-4-14-12-15(23)8-10-20(14,2)19(16)9-11-21(17,18)3/h12-13,15-19,22-23H,4-11H2,1-3H3. The monoisotopic (exact) mass is 318 g/mol. The fraction of sp³-hybridized carbons (Fsp3) is 0.905. The molecule has 0 amide bonds. The highest BCUT2D eigenvalue weighted by Crippen LogP contribution is 2.67. The first-order valence-corrected chi connectivity index (χ1v) is 9.93. The maximum atomic E-state index is 10.3. The lowest BCUT2D eigenvalue weighted by atomic mass is 9.46. The molecule has 3 fully saturated rings. The van der Waals surface area contributed by atoms with Crippen LogP contribution < -0.4 is 0 Å². The van der Waals surface area contributed by atoms with Crippen LogP contribution in [0.25, 0.3) is 0 Å². The molecule has 0 heterocycles. The van der Waals surface area contributed by atoms with Crippen molar-refractivity contribution in [3.8, 4) is 0 Å². The number of hydrogen-bond acceptors (Lipinski definition) is 2. The number of allylic oxidation sites excluding steroid dienone is 1. The Bertz CT molecular complexity index is 510.